The molecule has 0 spiro atoms. The van der Waals surface area contributed by atoms with Crippen molar-refractivity contribution in [2.75, 3.05) is 26.2 Å². The number of benzene rings is 2. The maximum absolute atomic E-state index is 12.4. The van der Waals surface area contributed by atoms with Crippen LogP contribution in [0.15, 0.2) is 54.6 Å². The molecule has 5 nitrogen and oxygen atoms in total. The van der Waals surface area contributed by atoms with Crippen molar-refractivity contribution in [1.82, 2.24) is 15.5 Å². The summed E-state index contributed by atoms with van der Waals surface area (Å²) in [5.74, 6) is 0.645. The molecular formula is C25H33N3O2. The lowest BCUT2D eigenvalue weighted by Gasteiger charge is -2.32. The number of hydrogen-bond acceptors (Lipinski definition) is 2. The Kier molecular flexibility index (Phi) is 8.30. The lowest BCUT2D eigenvalue weighted by atomic mass is 9.90. The Balaban J connectivity index is 1.34. The van der Waals surface area contributed by atoms with E-state index in [-0.39, 0.29) is 11.9 Å². The lowest BCUT2D eigenvalue weighted by Crippen LogP contribution is -2.45. The standard InChI is InChI=1S/C25H33N3O2/c1-20(29)26-15-11-22-7-9-23(10-8-22)19-24-13-17-28(18-14-24)25(30)27-16-12-21-5-3-2-4-6-21/h2-10,24H,11-19H2,1H3,(H,26,29)(H,27,30). The molecule has 1 fully saturated rings. The van der Waals surface area contributed by atoms with Gasteiger partial charge in [0.2, 0.25) is 5.91 Å². The molecule has 1 aliphatic heterocycles. The predicted octanol–water partition coefficient (Wildman–Crippen LogP) is 3.57. The summed E-state index contributed by atoms with van der Waals surface area (Å²) in [4.78, 5) is 25.3. The summed E-state index contributed by atoms with van der Waals surface area (Å²) in [6.07, 6.45) is 4.89. The highest BCUT2D eigenvalue weighted by Crippen LogP contribution is 2.22. The highest BCUT2D eigenvalue weighted by molar-refractivity contribution is 5.74. The van der Waals surface area contributed by atoms with E-state index < -0.39 is 0 Å². The third-order valence-electron chi connectivity index (χ3n) is 5.77. The summed E-state index contributed by atoms with van der Waals surface area (Å²) in [5, 5.41) is 5.89. The summed E-state index contributed by atoms with van der Waals surface area (Å²) in [7, 11) is 0. The van der Waals surface area contributed by atoms with Crippen molar-refractivity contribution in [2.45, 2.75) is 39.0 Å². The van der Waals surface area contributed by atoms with Crippen LogP contribution in [0, 0.1) is 5.92 Å². The van der Waals surface area contributed by atoms with Crippen molar-refractivity contribution < 1.29 is 9.59 Å². The Morgan fingerprint density at radius 2 is 1.40 bits per heavy atom. The Hall–Kier alpha value is -2.82. The van der Waals surface area contributed by atoms with E-state index in [1.165, 1.54) is 16.7 Å². The molecule has 2 aromatic rings. The van der Waals surface area contributed by atoms with Crippen molar-refractivity contribution in [3.05, 3.63) is 71.3 Å². The summed E-state index contributed by atoms with van der Waals surface area (Å²) >= 11 is 0. The van der Waals surface area contributed by atoms with Gasteiger partial charge in [0.15, 0.2) is 0 Å². The Bertz CT molecular complexity index is 797. The van der Waals surface area contributed by atoms with Gasteiger partial charge in [-0.1, -0.05) is 54.6 Å². The fourth-order valence-corrected chi connectivity index (χ4v) is 3.97. The zero-order valence-corrected chi connectivity index (χ0v) is 17.9. The number of piperidine rings is 1. The maximum Gasteiger partial charge on any atom is 0.317 e. The smallest absolute Gasteiger partial charge is 0.317 e. The second kappa shape index (κ2) is 11.4. The first-order valence-corrected chi connectivity index (χ1v) is 11.0. The van der Waals surface area contributed by atoms with Gasteiger partial charge in [0.25, 0.3) is 0 Å². The minimum Gasteiger partial charge on any atom is -0.356 e. The van der Waals surface area contributed by atoms with E-state index in [1.807, 2.05) is 23.1 Å². The first kappa shape index (κ1) is 21.9. The van der Waals surface area contributed by atoms with E-state index in [4.69, 9.17) is 0 Å². The first-order chi connectivity index (χ1) is 14.6. The SMILES string of the molecule is CC(=O)NCCc1ccc(CC2CCN(C(=O)NCCc3ccccc3)CC2)cc1. The summed E-state index contributed by atoms with van der Waals surface area (Å²) in [6, 6.07) is 19.0. The molecule has 0 saturated carbocycles. The third kappa shape index (κ3) is 7.21. The van der Waals surface area contributed by atoms with E-state index in [2.05, 4.69) is 47.0 Å². The van der Waals surface area contributed by atoms with E-state index in [9.17, 15) is 9.59 Å². The number of nitrogens with zero attached hydrogens (tertiary/aromatic N) is 1. The quantitative estimate of drug-likeness (QED) is 0.703. The molecule has 2 N–H and O–H groups in total. The second-order valence-corrected chi connectivity index (χ2v) is 8.15. The molecule has 30 heavy (non-hydrogen) atoms. The van der Waals surface area contributed by atoms with Crippen LogP contribution in [0.2, 0.25) is 0 Å². The van der Waals surface area contributed by atoms with Gasteiger partial charge < -0.3 is 15.5 Å². The van der Waals surface area contributed by atoms with Gasteiger partial charge in [0.05, 0.1) is 0 Å². The molecule has 0 atom stereocenters. The normalized spacial score (nSPS) is 14.4. The molecule has 3 amide bonds. The van der Waals surface area contributed by atoms with Gasteiger partial charge in [-0.15, -0.1) is 0 Å². The van der Waals surface area contributed by atoms with Crippen LogP contribution in [0.4, 0.5) is 4.79 Å². The monoisotopic (exact) mass is 407 g/mol. The number of amides is 3. The molecule has 2 aromatic carbocycles. The van der Waals surface area contributed by atoms with Gasteiger partial charge in [-0.25, -0.2) is 4.79 Å². The van der Waals surface area contributed by atoms with Gasteiger partial charge >= 0.3 is 6.03 Å². The minimum atomic E-state index is 0.0165. The number of urea groups is 1. The summed E-state index contributed by atoms with van der Waals surface area (Å²) in [5.41, 5.74) is 3.84. The third-order valence-corrected chi connectivity index (χ3v) is 5.77. The number of hydrogen-bond donors (Lipinski definition) is 2. The van der Waals surface area contributed by atoms with Crippen LogP contribution in [0.25, 0.3) is 0 Å². The number of carbonyl (C=O) groups is 2. The molecule has 5 heteroatoms. The molecule has 1 aliphatic rings. The van der Waals surface area contributed by atoms with Crippen LogP contribution >= 0.6 is 0 Å². The highest BCUT2D eigenvalue weighted by atomic mass is 16.2. The van der Waals surface area contributed by atoms with Crippen molar-refractivity contribution in [3.63, 3.8) is 0 Å². The molecule has 0 aliphatic carbocycles. The molecule has 1 saturated heterocycles. The van der Waals surface area contributed by atoms with E-state index in [0.717, 1.165) is 45.2 Å². The molecular weight excluding hydrogens is 374 g/mol. The van der Waals surface area contributed by atoms with Crippen molar-refractivity contribution in [3.8, 4) is 0 Å². The molecule has 0 bridgehead atoms. The topological polar surface area (TPSA) is 61.4 Å². The van der Waals surface area contributed by atoms with Crippen LogP contribution in [0.3, 0.4) is 0 Å². The fraction of sp³-hybridized carbons (Fsp3) is 0.440. The van der Waals surface area contributed by atoms with Crippen LogP contribution in [0.5, 0.6) is 0 Å². The zero-order valence-electron chi connectivity index (χ0n) is 17.9. The first-order valence-electron chi connectivity index (χ1n) is 11.0. The average molecular weight is 408 g/mol. The van der Waals surface area contributed by atoms with Gasteiger partial charge in [-0.2, -0.15) is 0 Å². The Morgan fingerprint density at radius 1 is 0.833 bits per heavy atom. The van der Waals surface area contributed by atoms with E-state index in [1.54, 1.807) is 6.92 Å². The van der Waals surface area contributed by atoms with Crippen molar-refractivity contribution >= 4 is 11.9 Å². The van der Waals surface area contributed by atoms with Crippen LogP contribution in [0.1, 0.15) is 36.5 Å². The molecule has 0 aromatic heterocycles. The second-order valence-electron chi connectivity index (χ2n) is 8.15. The number of nitrogens with one attached hydrogen (secondary N) is 2. The number of likely N-dealkylation sites (tertiary alicyclic amines) is 1. The average Bonchev–Trinajstić information content (AvgIpc) is 2.76. The predicted molar refractivity (Wildman–Crippen MR) is 120 cm³/mol. The number of rotatable bonds is 8. The minimum absolute atomic E-state index is 0.0165. The van der Waals surface area contributed by atoms with Gasteiger partial charge in [-0.3, -0.25) is 4.79 Å². The molecule has 1 heterocycles. The van der Waals surface area contributed by atoms with Gasteiger partial charge in [-0.05, 0) is 54.7 Å². The van der Waals surface area contributed by atoms with Crippen LogP contribution in [-0.4, -0.2) is 43.0 Å². The summed E-state index contributed by atoms with van der Waals surface area (Å²) < 4.78 is 0. The van der Waals surface area contributed by atoms with Crippen molar-refractivity contribution in [2.24, 2.45) is 5.92 Å². The molecule has 160 valence electrons. The lowest BCUT2D eigenvalue weighted by molar-refractivity contribution is -0.118. The van der Waals surface area contributed by atoms with E-state index in [0.29, 0.717) is 19.0 Å². The molecule has 0 radical (unpaired) electrons. The van der Waals surface area contributed by atoms with E-state index >= 15 is 0 Å². The van der Waals surface area contributed by atoms with Crippen LogP contribution < -0.4 is 10.6 Å². The summed E-state index contributed by atoms with van der Waals surface area (Å²) in [6.45, 7) is 4.56. The number of carbonyl (C=O) groups excluding carboxylic acids is 2. The molecule has 0 unspecified atom stereocenters. The van der Waals surface area contributed by atoms with Crippen molar-refractivity contribution in [1.29, 1.82) is 0 Å². The zero-order chi connectivity index (χ0) is 21.2. The largest absolute Gasteiger partial charge is 0.356 e. The van der Waals surface area contributed by atoms with Gasteiger partial charge in [0, 0.05) is 33.1 Å². The van der Waals surface area contributed by atoms with Gasteiger partial charge in [0.1, 0.15) is 0 Å². The Morgan fingerprint density at radius 3 is 2.03 bits per heavy atom. The van der Waals surface area contributed by atoms with Crippen LogP contribution in [-0.2, 0) is 24.1 Å². The Labute approximate surface area is 179 Å². The maximum atomic E-state index is 12.4. The molecule has 3 rings (SSSR count). The highest BCUT2D eigenvalue weighted by Gasteiger charge is 2.22. The fourth-order valence-electron chi connectivity index (χ4n) is 3.97.